The van der Waals surface area contributed by atoms with Gasteiger partial charge in [0.2, 0.25) is 0 Å². The van der Waals surface area contributed by atoms with E-state index in [9.17, 15) is 0 Å². The minimum Gasteiger partial charge on any atom is -0.468 e. The van der Waals surface area contributed by atoms with Gasteiger partial charge in [0.25, 0.3) is 0 Å². The van der Waals surface area contributed by atoms with Crippen molar-refractivity contribution in [1.82, 2.24) is 15.1 Å². The lowest BCUT2D eigenvalue weighted by molar-refractivity contribution is 0.223. The number of furan rings is 1. The lowest BCUT2D eigenvalue weighted by Crippen LogP contribution is -2.29. The van der Waals surface area contributed by atoms with Crippen LogP contribution in [0.25, 0.3) is 0 Å². The number of aromatic amines is 1. The summed E-state index contributed by atoms with van der Waals surface area (Å²) in [6, 6.07) is 3.94. The molecular weight excluding hydrogens is 190 g/mol. The molecule has 2 aromatic rings. The van der Waals surface area contributed by atoms with Gasteiger partial charge in [-0.2, -0.15) is 5.10 Å². The van der Waals surface area contributed by atoms with Crippen molar-refractivity contribution in [1.29, 1.82) is 0 Å². The maximum atomic E-state index is 5.34. The second-order valence-corrected chi connectivity index (χ2v) is 3.90. The highest BCUT2D eigenvalue weighted by Crippen LogP contribution is 2.17. The normalized spacial score (nSPS) is 16.5. The van der Waals surface area contributed by atoms with Crippen molar-refractivity contribution in [3.8, 4) is 0 Å². The third-order valence-electron chi connectivity index (χ3n) is 2.84. The summed E-state index contributed by atoms with van der Waals surface area (Å²) in [5, 5.41) is 7.16. The van der Waals surface area contributed by atoms with Crippen molar-refractivity contribution in [2.75, 3.05) is 6.54 Å². The van der Waals surface area contributed by atoms with Gasteiger partial charge in [0.05, 0.1) is 18.5 Å². The summed E-state index contributed by atoms with van der Waals surface area (Å²) in [5.41, 5.74) is 2.53. The Morgan fingerprint density at radius 1 is 1.53 bits per heavy atom. The lowest BCUT2D eigenvalue weighted by atomic mass is 10.1. The van der Waals surface area contributed by atoms with Gasteiger partial charge < -0.3 is 4.42 Å². The number of rotatable bonds is 2. The summed E-state index contributed by atoms with van der Waals surface area (Å²) in [6.45, 7) is 2.87. The monoisotopic (exact) mass is 203 g/mol. The summed E-state index contributed by atoms with van der Waals surface area (Å²) in [6.07, 6.45) is 4.80. The average Bonchev–Trinajstić information content (AvgIpc) is 2.87. The van der Waals surface area contributed by atoms with Crippen molar-refractivity contribution in [2.45, 2.75) is 19.5 Å². The van der Waals surface area contributed by atoms with E-state index in [-0.39, 0.29) is 0 Å². The first-order chi connectivity index (χ1) is 7.42. The molecule has 0 spiro atoms. The summed E-state index contributed by atoms with van der Waals surface area (Å²) in [7, 11) is 0. The van der Waals surface area contributed by atoms with E-state index in [2.05, 4.69) is 15.1 Å². The van der Waals surface area contributed by atoms with Crippen molar-refractivity contribution in [3.05, 3.63) is 41.6 Å². The molecule has 0 aliphatic carbocycles. The van der Waals surface area contributed by atoms with Crippen LogP contribution in [0, 0.1) is 0 Å². The van der Waals surface area contributed by atoms with Crippen LogP contribution in [-0.2, 0) is 19.5 Å². The molecule has 0 amide bonds. The van der Waals surface area contributed by atoms with E-state index >= 15 is 0 Å². The maximum Gasteiger partial charge on any atom is 0.117 e. The zero-order valence-corrected chi connectivity index (χ0v) is 8.44. The second-order valence-electron chi connectivity index (χ2n) is 3.90. The summed E-state index contributed by atoms with van der Waals surface area (Å²) in [5.74, 6) is 1.02. The van der Waals surface area contributed by atoms with Gasteiger partial charge >= 0.3 is 0 Å². The molecule has 2 aromatic heterocycles. The molecule has 1 N–H and O–H groups in total. The van der Waals surface area contributed by atoms with Gasteiger partial charge in [-0.25, -0.2) is 0 Å². The average molecular weight is 203 g/mol. The topological polar surface area (TPSA) is 45.1 Å². The number of hydrogen-bond donors (Lipinski definition) is 1. The van der Waals surface area contributed by atoms with Crippen LogP contribution in [0.1, 0.15) is 17.0 Å². The fourth-order valence-electron chi connectivity index (χ4n) is 2.02. The zero-order chi connectivity index (χ0) is 10.1. The number of aromatic nitrogens is 2. The van der Waals surface area contributed by atoms with Gasteiger partial charge in [-0.3, -0.25) is 10.00 Å². The molecule has 0 aromatic carbocycles. The van der Waals surface area contributed by atoms with Crippen LogP contribution in [0.3, 0.4) is 0 Å². The standard InChI is InChI=1S/C11H13N3O/c1-2-10(15-5-1)7-14-4-3-9-6-12-13-11(9)8-14/h1-2,5-6H,3-4,7-8H2,(H,12,13). The predicted octanol–water partition coefficient (Wildman–Crippen LogP) is 1.56. The predicted molar refractivity (Wildman–Crippen MR) is 55.1 cm³/mol. The lowest BCUT2D eigenvalue weighted by Gasteiger charge is -2.24. The summed E-state index contributed by atoms with van der Waals surface area (Å²) < 4.78 is 5.34. The molecule has 1 aliphatic rings. The molecular formula is C11H13N3O. The van der Waals surface area contributed by atoms with Crippen LogP contribution in [-0.4, -0.2) is 21.6 Å². The third kappa shape index (κ3) is 1.68. The third-order valence-corrected chi connectivity index (χ3v) is 2.84. The Morgan fingerprint density at radius 2 is 2.53 bits per heavy atom. The molecule has 0 bridgehead atoms. The van der Waals surface area contributed by atoms with Crippen molar-refractivity contribution >= 4 is 0 Å². The van der Waals surface area contributed by atoms with E-state index in [0.29, 0.717) is 0 Å². The van der Waals surface area contributed by atoms with Gasteiger partial charge in [0.1, 0.15) is 5.76 Å². The van der Waals surface area contributed by atoms with Crippen molar-refractivity contribution in [2.24, 2.45) is 0 Å². The fraction of sp³-hybridized carbons (Fsp3) is 0.364. The molecule has 0 saturated heterocycles. The first kappa shape index (κ1) is 8.73. The van der Waals surface area contributed by atoms with Crippen LogP contribution in [0.5, 0.6) is 0 Å². The SMILES string of the molecule is c1coc(CN2CCc3c[nH]nc3C2)c1. The Kier molecular flexibility index (Phi) is 2.07. The quantitative estimate of drug-likeness (QED) is 0.805. The molecule has 78 valence electrons. The van der Waals surface area contributed by atoms with Crippen LogP contribution >= 0.6 is 0 Å². The van der Waals surface area contributed by atoms with Crippen molar-refractivity contribution in [3.63, 3.8) is 0 Å². The van der Waals surface area contributed by atoms with Crippen LogP contribution in [0.4, 0.5) is 0 Å². The number of nitrogens with zero attached hydrogens (tertiary/aromatic N) is 2. The molecule has 4 nitrogen and oxygen atoms in total. The van der Waals surface area contributed by atoms with Gasteiger partial charge in [0, 0.05) is 19.3 Å². The summed E-state index contributed by atoms with van der Waals surface area (Å²) >= 11 is 0. The molecule has 4 heteroatoms. The highest BCUT2D eigenvalue weighted by molar-refractivity contribution is 5.19. The largest absolute Gasteiger partial charge is 0.468 e. The first-order valence-corrected chi connectivity index (χ1v) is 5.18. The molecule has 3 rings (SSSR count). The number of hydrogen-bond acceptors (Lipinski definition) is 3. The van der Waals surface area contributed by atoms with Gasteiger partial charge in [0.15, 0.2) is 0 Å². The van der Waals surface area contributed by atoms with Gasteiger partial charge in [-0.05, 0) is 24.1 Å². The van der Waals surface area contributed by atoms with Crippen molar-refractivity contribution < 1.29 is 4.42 Å². The Bertz CT molecular complexity index is 432. The maximum absolute atomic E-state index is 5.34. The molecule has 3 heterocycles. The van der Waals surface area contributed by atoms with E-state index in [1.165, 1.54) is 11.3 Å². The number of H-pyrrole nitrogens is 1. The minimum atomic E-state index is 0.874. The summed E-state index contributed by atoms with van der Waals surface area (Å²) in [4.78, 5) is 2.35. The van der Waals surface area contributed by atoms with Crippen LogP contribution in [0.15, 0.2) is 29.0 Å². The molecule has 0 radical (unpaired) electrons. The Balaban J connectivity index is 1.71. The molecule has 0 fully saturated rings. The molecule has 0 saturated carbocycles. The number of fused-ring (bicyclic) bond motifs is 1. The molecule has 1 aliphatic heterocycles. The van der Waals surface area contributed by atoms with Gasteiger partial charge in [-0.15, -0.1) is 0 Å². The molecule has 15 heavy (non-hydrogen) atoms. The molecule has 0 unspecified atom stereocenters. The fourth-order valence-corrected chi connectivity index (χ4v) is 2.02. The first-order valence-electron chi connectivity index (χ1n) is 5.18. The van der Waals surface area contributed by atoms with E-state index in [1.54, 1.807) is 6.26 Å². The molecule has 0 atom stereocenters. The highest BCUT2D eigenvalue weighted by atomic mass is 16.3. The van der Waals surface area contributed by atoms with E-state index < -0.39 is 0 Å². The van der Waals surface area contributed by atoms with Gasteiger partial charge in [-0.1, -0.05) is 0 Å². The Morgan fingerprint density at radius 3 is 3.40 bits per heavy atom. The second kappa shape index (κ2) is 3.55. The van der Waals surface area contributed by atoms with E-state index in [1.807, 2.05) is 18.3 Å². The zero-order valence-electron chi connectivity index (χ0n) is 8.44. The minimum absolute atomic E-state index is 0.874. The Hall–Kier alpha value is -1.55. The smallest absolute Gasteiger partial charge is 0.117 e. The number of nitrogens with one attached hydrogen (secondary N) is 1. The van der Waals surface area contributed by atoms with E-state index in [4.69, 9.17) is 4.42 Å². The Labute approximate surface area is 87.9 Å². The van der Waals surface area contributed by atoms with Crippen LogP contribution in [0.2, 0.25) is 0 Å². The van der Waals surface area contributed by atoms with Crippen LogP contribution < -0.4 is 0 Å². The highest BCUT2D eigenvalue weighted by Gasteiger charge is 2.18. The van der Waals surface area contributed by atoms with E-state index in [0.717, 1.165) is 31.8 Å².